The van der Waals surface area contributed by atoms with Gasteiger partial charge in [-0.15, -0.1) is 0 Å². The first-order chi connectivity index (χ1) is 12.8. The van der Waals surface area contributed by atoms with Crippen LogP contribution in [0.3, 0.4) is 0 Å². The molecule has 2 aromatic rings. The van der Waals surface area contributed by atoms with Crippen LogP contribution in [0, 0.1) is 0 Å². The Balaban J connectivity index is 1.46. The Hall–Kier alpha value is -2.99. The van der Waals surface area contributed by atoms with E-state index in [1.54, 1.807) is 11.1 Å². The lowest BCUT2D eigenvalue weighted by molar-refractivity contribution is -0.130. The topological polar surface area (TPSA) is 62.8 Å². The second kappa shape index (κ2) is 6.07. The first-order valence-corrected chi connectivity index (χ1v) is 8.79. The van der Waals surface area contributed by atoms with E-state index in [1.165, 1.54) is 5.56 Å². The summed E-state index contributed by atoms with van der Waals surface area (Å²) in [6, 6.07) is 16.0. The lowest BCUT2D eigenvalue weighted by Crippen LogP contribution is -2.52. The molecule has 0 aromatic heterocycles. The Morgan fingerprint density at radius 2 is 1.81 bits per heavy atom. The van der Waals surface area contributed by atoms with E-state index in [2.05, 4.69) is 22.9 Å². The van der Waals surface area contributed by atoms with Crippen LogP contribution in [0.4, 0.5) is 0 Å². The quantitative estimate of drug-likeness (QED) is 0.867. The summed E-state index contributed by atoms with van der Waals surface area (Å²) in [6.45, 7) is 1.82. The molecule has 3 aliphatic heterocycles. The molecule has 6 nitrogen and oxygen atoms in total. The molecule has 6 heteroatoms. The number of ether oxygens (including phenoxy) is 2. The van der Waals surface area contributed by atoms with Crippen molar-refractivity contribution in [2.24, 2.45) is 0 Å². The predicted octanol–water partition coefficient (Wildman–Crippen LogP) is 1.86. The van der Waals surface area contributed by atoms with Crippen LogP contribution in [0.15, 0.2) is 54.6 Å². The summed E-state index contributed by atoms with van der Waals surface area (Å²) >= 11 is 0. The van der Waals surface area contributed by atoms with E-state index < -0.39 is 0 Å². The van der Waals surface area contributed by atoms with Gasteiger partial charge in [0, 0.05) is 29.8 Å². The molecule has 3 heterocycles. The summed E-state index contributed by atoms with van der Waals surface area (Å²) in [6.07, 6.45) is 1.50. The van der Waals surface area contributed by atoms with E-state index in [1.807, 2.05) is 36.4 Å². The fourth-order valence-corrected chi connectivity index (χ4v) is 3.74. The molecular formula is C20H19N3O3. The summed E-state index contributed by atoms with van der Waals surface area (Å²) in [5.41, 5.74) is 6.14. The summed E-state index contributed by atoms with van der Waals surface area (Å²) in [5, 5.41) is 5.20. The Bertz CT molecular complexity index is 881. The van der Waals surface area contributed by atoms with Gasteiger partial charge >= 0.3 is 0 Å². The van der Waals surface area contributed by atoms with Gasteiger partial charge in [-0.05, 0) is 23.8 Å². The van der Waals surface area contributed by atoms with Crippen LogP contribution < -0.4 is 20.2 Å². The third-order valence-electron chi connectivity index (χ3n) is 5.03. The zero-order valence-corrected chi connectivity index (χ0v) is 14.1. The lowest BCUT2D eigenvalue weighted by Gasteiger charge is -2.33. The molecule has 26 heavy (non-hydrogen) atoms. The highest BCUT2D eigenvalue weighted by Crippen LogP contribution is 2.35. The van der Waals surface area contributed by atoms with Gasteiger partial charge in [0.15, 0.2) is 11.5 Å². The SMILES string of the molecule is O=C1C=C(c2ccc3c(c2)OCCO3)NC2C(c3ccccc3)CNN12. The Morgan fingerprint density at radius 3 is 2.65 bits per heavy atom. The molecule has 0 aliphatic carbocycles. The number of carbonyl (C=O) groups is 1. The number of carbonyl (C=O) groups excluding carboxylic acids is 1. The molecule has 2 atom stereocenters. The molecule has 1 amide bonds. The first kappa shape index (κ1) is 15.3. The second-order valence-corrected chi connectivity index (χ2v) is 6.59. The van der Waals surface area contributed by atoms with Crippen molar-refractivity contribution in [3.05, 3.63) is 65.7 Å². The van der Waals surface area contributed by atoms with E-state index in [9.17, 15) is 4.79 Å². The van der Waals surface area contributed by atoms with Crippen LogP contribution in [0.2, 0.25) is 0 Å². The van der Waals surface area contributed by atoms with Gasteiger partial charge in [-0.25, -0.2) is 5.43 Å². The van der Waals surface area contributed by atoms with Gasteiger partial charge in [0.2, 0.25) is 0 Å². The molecule has 0 radical (unpaired) electrons. The predicted molar refractivity (Wildman–Crippen MR) is 96.4 cm³/mol. The molecular weight excluding hydrogens is 330 g/mol. The smallest absolute Gasteiger partial charge is 0.264 e. The molecule has 1 fully saturated rings. The lowest BCUT2D eigenvalue weighted by atomic mass is 9.95. The maximum atomic E-state index is 12.6. The molecule has 1 saturated heterocycles. The molecule has 2 unspecified atom stereocenters. The Morgan fingerprint density at radius 1 is 1.00 bits per heavy atom. The summed E-state index contributed by atoms with van der Waals surface area (Å²) in [4.78, 5) is 12.6. The number of amides is 1. The molecule has 2 aromatic carbocycles. The van der Waals surface area contributed by atoms with Crippen molar-refractivity contribution >= 4 is 11.6 Å². The van der Waals surface area contributed by atoms with E-state index >= 15 is 0 Å². The molecule has 0 bridgehead atoms. The summed E-state index contributed by atoms with van der Waals surface area (Å²) < 4.78 is 11.3. The highest BCUT2D eigenvalue weighted by Gasteiger charge is 2.40. The molecule has 0 saturated carbocycles. The van der Waals surface area contributed by atoms with E-state index in [-0.39, 0.29) is 18.0 Å². The van der Waals surface area contributed by atoms with Crippen LogP contribution in [0.5, 0.6) is 11.5 Å². The van der Waals surface area contributed by atoms with Crippen molar-refractivity contribution in [3.63, 3.8) is 0 Å². The highest BCUT2D eigenvalue weighted by molar-refractivity contribution is 5.97. The van der Waals surface area contributed by atoms with Gasteiger partial charge in [-0.1, -0.05) is 30.3 Å². The van der Waals surface area contributed by atoms with Crippen molar-refractivity contribution in [1.29, 1.82) is 0 Å². The van der Waals surface area contributed by atoms with Crippen molar-refractivity contribution in [2.75, 3.05) is 19.8 Å². The van der Waals surface area contributed by atoms with Crippen molar-refractivity contribution < 1.29 is 14.3 Å². The molecule has 132 valence electrons. The van der Waals surface area contributed by atoms with Crippen molar-refractivity contribution in [3.8, 4) is 11.5 Å². The normalized spacial score (nSPS) is 23.9. The first-order valence-electron chi connectivity index (χ1n) is 8.79. The van der Waals surface area contributed by atoms with Gasteiger partial charge in [-0.2, -0.15) is 0 Å². The highest BCUT2D eigenvalue weighted by atomic mass is 16.6. The molecule has 2 N–H and O–H groups in total. The second-order valence-electron chi connectivity index (χ2n) is 6.59. The number of hydrazine groups is 1. The van der Waals surface area contributed by atoms with Gasteiger partial charge in [0.05, 0.1) is 0 Å². The maximum Gasteiger partial charge on any atom is 0.264 e. The minimum atomic E-state index is -0.127. The van der Waals surface area contributed by atoms with E-state index in [4.69, 9.17) is 9.47 Å². The number of nitrogens with one attached hydrogen (secondary N) is 2. The fourth-order valence-electron chi connectivity index (χ4n) is 3.74. The number of rotatable bonds is 2. The van der Waals surface area contributed by atoms with Crippen LogP contribution in [0.25, 0.3) is 5.70 Å². The average molecular weight is 349 g/mol. The number of hydrogen-bond donors (Lipinski definition) is 2. The third kappa shape index (κ3) is 2.50. The molecule has 0 spiro atoms. The minimum absolute atomic E-state index is 0.0444. The molecule has 3 aliphatic rings. The summed E-state index contributed by atoms with van der Waals surface area (Å²) in [7, 11) is 0. The fraction of sp³-hybridized carbons (Fsp3) is 0.250. The van der Waals surface area contributed by atoms with E-state index in [0.29, 0.717) is 13.2 Å². The van der Waals surface area contributed by atoms with Crippen LogP contribution in [-0.2, 0) is 4.79 Å². The number of hydrogen-bond acceptors (Lipinski definition) is 5. The monoisotopic (exact) mass is 349 g/mol. The van der Waals surface area contributed by atoms with Crippen molar-refractivity contribution in [1.82, 2.24) is 15.8 Å². The third-order valence-corrected chi connectivity index (χ3v) is 5.03. The number of nitrogens with zero attached hydrogens (tertiary/aromatic N) is 1. The zero-order valence-electron chi connectivity index (χ0n) is 14.1. The zero-order chi connectivity index (χ0) is 17.5. The minimum Gasteiger partial charge on any atom is -0.486 e. The van der Waals surface area contributed by atoms with Gasteiger partial charge in [-0.3, -0.25) is 9.80 Å². The maximum absolute atomic E-state index is 12.6. The largest absolute Gasteiger partial charge is 0.486 e. The van der Waals surface area contributed by atoms with Crippen molar-refractivity contribution in [2.45, 2.75) is 12.1 Å². The van der Waals surface area contributed by atoms with Crippen LogP contribution in [-0.4, -0.2) is 36.8 Å². The Kier molecular flexibility index (Phi) is 3.57. The van der Waals surface area contributed by atoms with E-state index in [0.717, 1.165) is 29.3 Å². The Labute approximate surface area is 151 Å². The summed E-state index contributed by atoms with van der Waals surface area (Å²) in [5.74, 6) is 1.60. The van der Waals surface area contributed by atoms with Gasteiger partial charge in [0.25, 0.3) is 5.91 Å². The number of benzene rings is 2. The standard InChI is InChI=1S/C20H19N3O3/c24-19-11-16(14-6-7-17-18(10-14)26-9-8-25-17)22-20-15(12-21-23(19)20)13-4-2-1-3-5-13/h1-7,10-11,15,20-22H,8-9,12H2. The molecule has 5 rings (SSSR count). The van der Waals surface area contributed by atoms with Crippen LogP contribution >= 0.6 is 0 Å². The average Bonchev–Trinajstić information content (AvgIpc) is 3.13. The van der Waals surface area contributed by atoms with Gasteiger partial charge < -0.3 is 14.8 Å². The van der Waals surface area contributed by atoms with Crippen LogP contribution in [0.1, 0.15) is 17.0 Å². The number of fused-ring (bicyclic) bond motifs is 2. The van der Waals surface area contributed by atoms with Gasteiger partial charge in [0.1, 0.15) is 19.4 Å².